The van der Waals surface area contributed by atoms with Gasteiger partial charge in [-0.15, -0.1) is 0 Å². The van der Waals surface area contributed by atoms with E-state index in [-0.39, 0.29) is 11.6 Å². The third-order valence-electron chi connectivity index (χ3n) is 4.27. The maximum absolute atomic E-state index is 5.89. The summed E-state index contributed by atoms with van der Waals surface area (Å²) in [6, 6.07) is 0.188. The van der Waals surface area contributed by atoms with E-state index in [9.17, 15) is 0 Å². The van der Waals surface area contributed by atoms with Crippen molar-refractivity contribution >= 4 is 27.3 Å². The van der Waals surface area contributed by atoms with Crippen molar-refractivity contribution in [2.24, 2.45) is 5.84 Å². The number of rotatable bonds is 4. The predicted molar refractivity (Wildman–Crippen MR) is 81.6 cm³/mol. The molecule has 0 bridgehead atoms. The standard InChI is InChI=1S/C13H22BrN3S/c1-17(2)13(6-4-3-5-7-13)12(16-15)10-8-18-9-11(10)14/h8-9,12,16H,3-7,15H2,1-2H3. The fraction of sp³-hybridized carbons (Fsp3) is 0.692. The zero-order valence-corrected chi connectivity index (χ0v) is 13.5. The monoisotopic (exact) mass is 331 g/mol. The van der Waals surface area contributed by atoms with E-state index in [4.69, 9.17) is 5.84 Å². The van der Waals surface area contributed by atoms with E-state index in [1.807, 2.05) is 0 Å². The normalized spacial score (nSPS) is 21.2. The molecule has 1 unspecified atom stereocenters. The van der Waals surface area contributed by atoms with Crippen molar-refractivity contribution in [3.05, 3.63) is 20.8 Å². The Bertz CT molecular complexity index is 385. The lowest BCUT2D eigenvalue weighted by Gasteiger charge is -2.48. The van der Waals surface area contributed by atoms with E-state index in [0.717, 1.165) is 0 Å². The minimum absolute atomic E-state index is 0.136. The average molecular weight is 332 g/mol. The molecular weight excluding hydrogens is 310 g/mol. The fourth-order valence-corrected chi connectivity index (χ4v) is 4.74. The molecule has 1 atom stereocenters. The Morgan fingerprint density at radius 1 is 1.33 bits per heavy atom. The number of hydrogen-bond donors (Lipinski definition) is 2. The summed E-state index contributed by atoms with van der Waals surface area (Å²) in [6.45, 7) is 0. The van der Waals surface area contributed by atoms with E-state index in [2.05, 4.69) is 51.1 Å². The van der Waals surface area contributed by atoms with E-state index < -0.39 is 0 Å². The average Bonchev–Trinajstić information content (AvgIpc) is 2.78. The molecule has 3 N–H and O–H groups in total. The van der Waals surface area contributed by atoms with Crippen LogP contribution in [-0.4, -0.2) is 24.5 Å². The summed E-state index contributed by atoms with van der Waals surface area (Å²) in [5.74, 6) is 5.89. The van der Waals surface area contributed by atoms with Crippen molar-refractivity contribution < 1.29 is 0 Å². The lowest BCUT2D eigenvalue weighted by molar-refractivity contribution is 0.0563. The van der Waals surface area contributed by atoms with Gasteiger partial charge in [0.15, 0.2) is 0 Å². The number of hydrazine groups is 1. The summed E-state index contributed by atoms with van der Waals surface area (Å²) in [5.41, 5.74) is 4.50. The second kappa shape index (κ2) is 6.01. The first-order chi connectivity index (χ1) is 8.62. The Labute approximate surface area is 122 Å². The molecule has 1 saturated carbocycles. The first kappa shape index (κ1) is 14.5. The van der Waals surface area contributed by atoms with Crippen LogP contribution in [0, 0.1) is 0 Å². The van der Waals surface area contributed by atoms with Gasteiger partial charge in [-0.05, 0) is 53.8 Å². The predicted octanol–water partition coefficient (Wildman–Crippen LogP) is 3.28. The highest BCUT2D eigenvalue weighted by Crippen LogP contribution is 2.44. The minimum Gasteiger partial charge on any atom is -0.302 e. The molecule has 1 fully saturated rings. The second-order valence-electron chi connectivity index (χ2n) is 5.33. The molecule has 0 aliphatic heterocycles. The van der Waals surface area contributed by atoms with Gasteiger partial charge in [0.1, 0.15) is 0 Å². The van der Waals surface area contributed by atoms with Gasteiger partial charge in [0.2, 0.25) is 0 Å². The van der Waals surface area contributed by atoms with E-state index >= 15 is 0 Å². The van der Waals surface area contributed by atoms with Gasteiger partial charge < -0.3 is 4.90 Å². The highest BCUT2D eigenvalue weighted by Gasteiger charge is 2.42. The van der Waals surface area contributed by atoms with Crippen molar-refractivity contribution in [3.8, 4) is 0 Å². The van der Waals surface area contributed by atoms with Crippen LogP contribution in [0.2, 0.25) is 0 Å². The van der Waals surface area contributed by atoms with E-state index in [1.165, 1.54) is 42.1 Å². The molecule has 0 radical (unpaired) electrons. The number of thiophene rings is 1. The molecule has 0 aromatic carbocycles. The topological polar surface area (TPSA) is 41.3 Å². The Morgan fingerprint density at radius 3 is 2.44 bits per heavy atom. The fourth-order valence-electron chi connectivity index (χ4n) is 3.19. The van der Waals surface area contributed by atoms with Gasteiger partial charge in [-0.2, -0.15) is 11.3 Å². The van der Waals surface area contributed by atoms with Crippen molar-refractivity contribution in [2.45, 2.75) is 43.7 Å². The third kappa shape index (κ3) is 2.51. The van der Waals surface area contributed by atoms with Gasteiger partial charge in [-0.3, -0.25) is 11.3 Å². The van der Waals surface area contributed by atoms with Crippen LogP contribution in [0.25, 0.3) is 0 Å². The summed E-state index contributed by atoms with van der Waals surface area (Å²) in [7, 11) is 4.35. The first-order valence-electron chi connectivity index (χ1n) is 6.47. The van der Waals surface area contributed by atoms with Crippen LogP contribution in [0.15, 0.2) is 15.2 Å². The maximum Gasteiger partial charge on any atom is 0.0662 e. The molecule has 1 aliphatic carbocycles. The maximum atomic E-state index is 5.89. The van der Waals surface area contributed by atoms with Crippen molar-refractivity contribution in [3.63, 3.8) is 0 Å². The van der Waals surface area contributed by atoms with Crippen molar-refractivity contribution in [2.75, 3.05) is 14.1 Å². The minimum atomic E-state index is 0.136. The van der Waals surface area contributed by atoms with Crippen LogP contribution >= 0.6 is 27.3 Å². The number of halogens is 1. The quantitative estimate of drug-likeness (QED) is 0.657. The van der Waals surface area contributed by atoms with Crippen LogP contribution in [0.4, 0.5) is 0 Å². The van der Waals surface area contributed by atoms with Gasteiger partial charge in [-0.25, -0.2) is 0 Å². The molecule has 1 aromatic rings. The van der Waals surface area contributed by atoms with Crippen LogP contribution in [0.3, 0.4) is 0 Å². The smallest absolute Gasteiger partial charge is 0.0662 e. The lowest BCUT2D eigenvalue weighted by atomic mass is 9.73. The van der Waals surface area contributed by atoms with Crippen LogP contribution in [0.5, 0.6) is 0 Å². The number of nitrogens with zero attached hydrogens (tertiary/aromatic N) is 1. The lowest BCUT2D eigenvalue weighted by Crippen LogP contribution is -2.56. The number of nitrogens with two attached hydrogens (primary N) is 1. The summed E-state index contributed by atoms with van der Waals surface area (Å²) in [4.78, 5) is 2.36. The van der Waals surface area contributed by atoms with Crippen LogP contribution in [-0.2, 0) is 0 Å². The van der Waals surface area contributed by atoms with Gasteiger partial charge in [0.25, 0.3) is 0 Å². The zero-order valence-electron chi connectivity index (χ0n) is 11.1. The highest BCUT2D eigenvalue weighted by molar-refractivity contribution is 9.10. The van der Waals surface area contributed by atoms with Crippen molar-refractivity contribution in [1.82, 2.24) is 10.3 Å². The molecule has 0 spiro atoms. The Kier molecular flexibility index (Phi) is 4.83. The Morgan fingerprint density at radius 2 is 2.00 bits per heavy atom. The molecule has 0 amide bonds. The molecule has 5 heteroatoms. The summed E-state index contributed by atoms with van der Waals surface area (Å²) >= 11 is 5.37. The highest BCUT2D eigenvalue weighted by atomic mass is 79.9. The Hall–Kier alpha value is 0.0600. The first-order valence-corrected chi connectivity index (χ1v) is 8.20. The molecule has 3 nitrogen and oxygen atoms in total. The number of nitrogens with one attached hydrogen (secondary N) is 1. The molecule has 1 heterocycles. The van der Waals surface area contributed by atoms with E-state index in [0.29, 0.717) is 0 Å². The molecular formula is C13H22BrN3S. The SMILES string of the molecule is CN(C)C1(C(NN)c2cscc2Br)CCCCC1. The summed E-state index contributed by atoms with van der Waals surface area (Å²) in [5, 5.41) is 4.33. The molecule has 18 heavy (non-hydrogen) atoms. The third-order valence-corrected chi connectivity index (χ3v) is 6.02. The Balaban J connectivity index is 2.36. The largest absolute Gasteiger partial charge is 0.302 e. The van der Waals surface area contributed by atoms with Gasteiger partial charge in [-0.1, -0.05) is 19.3 Å². The number of likely N-dealkylation sites (N-methyl/N-ethyl adjacent to an activating group) is 1. The van der Waals surface area contributed by atoms with Crippen LogP contribution < -0.4 is 11.3 Å². The zero-order chi connectivity index (χ0) is 13.2. The molecule has 1 aromatic heterocycles. The molecule has 1 aliphatic rings. The van der Waals surface area contributed by atoms with Gasteiger partial charge in [0.05, 0.1) is 6.04 Å². The van der Waals surface area contributed by atoms with Crippen LogP contribution in [0.1, 0.15) is 43.7 Å². The second-order valence-corrected chi connectivity index (χ2v) is 6.93. The van der Waals surface area contributed by atoms with E-state index in [1.54, 1.807) is 11.3 Å². The summed E-state index contributed by atoms with van der Waals surface area (Å²) < 4.78 is 1.17. The van der Waals surface area contributed by atoms with Gasteiger partial charge in [0, 0.05) is 15.4 Å². The van der Waals surface area contributed by atoms with Gasteiger partial charge >= 0.3 is 0 Å². The van der Waals surface area contributed by atoms with Crippen molar-refractivity contribution in [1.29, 1.82) is 0 Å². The summed E-state index contributed by atoms with van der Waals surface area (Å²) in [6.07, 6.45) is 6.34. The molecule has 102 valence electrons. The molecule has 0 saturated heterocycles. The molecule has 2 rings (SSSR count). The number of hydrogen-bond acceptors (Lipinski definition) is 4.